The molecule has 2 saturated heterocycles. The van der Waals surface area contributed by atoms with Crippen molar-refractivity contribution in [3.05, 3.63) is 0 Å². The zero-order valence-corrected chi connectivity index (χ0v) is 14.6. The normalized spacial score (nSPS) is 23.4. The van der Waals surface area contributed by atoms with Crippen LogP contribution in [0, 0.1) is 5.92 Å². The van der Waals surface area contributed by atoms with Crippen LogP contribution >= 0.6 is 0 Å². The molecule has 25 heavy (non-hydrogen) atoms. The van der Waals surface area contributed by atoms with Gasteiger partial charge in [0, 0.05) is 51.7 Å². The number of nitrogens with two attached hydrogens (primary N) is 1. The molecule has 2 fully saturated rings. The molecule has 146 valence electrons. The van der Waals surface area contributed by atoms with Gasteiger partial charge in [0.1, 0.15) is 6.04 Å². The molecule has 0 aromatic heterocycles. The molecule has 2 aliphatic heterocycles. The Hall–Kier alpha value is -0.950. The van der Waals surface area contributed by atoms with E-state index in [1.165, 1.54) is 4.90 Å². The summed E-state index contributed by atoms with van der Waals surface area (Å²) in [5.41, 5.74) is 0. The molecule has 1 amide bonds. The lowest BCUT2D eigenvalue weighted by atomic mass is 9.97. The highest BCUT2D eigenvalue weighted by Crippen LogP contribution is 2.25. The third-order valence-corrected chi connectivity index (χ3v) is 5.71. The van der Waals surface area contributed by atoms with Crippen LogP contribution in [0.4, 0.5) is 13.2 Å². The maximum absolute atomic E-state index is 13.3. The Labute approximate surface area is 145 Å². The van der Waals surface area contributed by atoms with Crippen molar-refractivity contribution in [3.63, 3.8) is 0 Å². The van der Waals surface area contributed by atoms with Crippen molar-refractivity contribution in [2.75, 3.05) is 45.8 Å². The molecule has 0 radical (unpaired) electrons. The Morgan fingerprint density at radius 1 is 1.20 bits per heavy atom. The fraction of sp³-hybridized carbons (Fsp3) is 0.923. The van der Waals surface area contributed by atoms with Crippen LogP contribution in [-0.4, -0.2) is 81.6 Å². The van der Waals surface area contributed by atoms with Crippen molar-refractivity contribution >= 4 is 16.1 Å². The van der Waals surface area contributed by atoms with Gasteiger partial charge in [-0.05, 0) is 12.8 Å². The number of alkyl halides is 3. The lowest BCUT2D eigenvalue weighted by Gasteiger charge is -2.36. The van der Waals surface area contributed by atoms with Gasteiger partial charge in [-0.1, -0.05) is 0 Å². The maximum atomic E-state index is 13.3. The summed E-state index contributed by atoms with van der Waals surface area (Å²) >= 11 is 0. The Bertz CT molecular complexity index is 558. The number of piperazine rings is 1. The lowest BCUT2D eigenvalue weighted by molar-refractivity contribution is -0.184. The summed E-state index contributed by atoms with van der Waals surface area (Å²) in [6.45, 7) is 1.19. The molecule has 2 aliphatic rings. The van der Waals surface area contributed by atoms with Crippen molar-refractivity contribution in [2.45, 2.75) is 25.1 Å². The standard InChI is InChI=1S/C13H24F3N5O3S/c14-13(15,16)11(20-7-3-18-4-8-20)9-19-12(22)10-1-5-21(6-2-10)25(17,23)24/h10-11,18H,1-9H2,(H,19,22)(H2,17,23,24). The van der Waals surface area contributed by atoms with E-state index >= 15 is 0 Å². The van der Waals surface area contributed by atoms with Gasteiger partial charge in [-0.25, -0.2) is 5.14 Å². The molecule has 2 rings (SSSR count). The molecule has 0 saturated carbocycles. The number of rotatable bonds is 5. The molecule has 1 unspecified atom stereocenters. The Balaban J connectivity index is 1.87. The van der Waals surface area contributed by atoms with Gasteiger partial charge in [0.05, 0.1) is 0 Å². The van der Waals surface area contributed by atoms with Crippen molar-refractivity contribution in [1.82, 2.24) is 19.8 Å². The molecule has 0 spiro atoms. The number of amides is 1. The van der Waals surface area contributed by atoms with Gasteiger partial charge >= 0.3 is 6.18 Å². The smallest absolute Gasteiger partial charge is 0.354 e. The Kier molecular flexibility index (Phi) is 6.65. The molecule has 0 bridgehead atoms. The van der Waals surface area contributed by atoms with E-state index in [1.807, 2.05) is 0 Å². The van der Waals surface area contributed by atoms with Crippen LogP contribution in [0.5, 0.6) is 0 Å². The number of hydrogen-bond donors (Lipinski definition) is 3. The quantitative estimate of drug-likeness (QED) is 0.552. The molecule has 0 aliphatic carbocycles. The summed E-state index contributed by atoms with van der Waals surface area (Å²) in [6, 6.07) is -1.72. The Morgan fingerprint density at radius 2 is 1.76 bits per heavy atom. The topological polar surface area (TPSA) is 108 Å². The van der Waals surface area contributed by atoms with E-state index < -0.39 is 40.8 Å². The van der Waals surface area contributed by atoms with Crippen LogP contribution in [0.3, 0.4) is 0 Å². The average Bonchev–Trinajstić information content (AvgIpc) is 2.54. The van der Waals surface area contributed by atoms with Crippen molar-refractivity contribution < 1.29 is 26.4 Å². The fourth-order valence-electron chi connectivity index (χ4n) is 3.16. The first-order valence-corrected chi connectivity index (χ1v) is 9.66. The zero-order chi connectivity index (χ0) is 18.7. The van der Waals surface area contributed by atoms with Crippen molar-refractivity contribution in [1.29, 1.82) is 0 Å². The van der Waals surface area contributed by atoms with Gasteiger partial charge in [0.25, 0.3) is 10.2 Å². The summed E-state index contributed by atoms with van der Waals surface area (Å²) in [5.74, 6) is -0.978. The number of halogens is 3. The van der Waals surface area contributed by atoms with Crippen LogP contribution in [0.1, 0.15) is 12.8 Å². The molecule has 1 atom stereocenters. The minimum atomic E-state index is -4.43. The number of nitrogens with one attached hydrogen (secondary N) is 2. The van der Waals surface area contributed by atoms with Gasteiger partial charge in [0.2, 0.25) is 5.91 Å². The van der Waals surface area contributed by atoms with E-state index in [0.717, 1.165) is 4.31 Å². The van der Waals surface area contributed by atoms with Crippen LogP contribution in [0.25, 0.3) is 0 Å². The number of carbonyl (C=O) groups is 1. The van der Waals surface area contributed by atoms with Gasteiger partial charge < -0.3 is 10.6 Å². The summed E-state index contributed by atoms with van der Waals surface area (Å²) < 4.78 is 63.4. The summed E-state index contributed by atoms with van der Waals surface area (Å²) in [7, 11) is -3.79. The predicted molar refractivity (Wildman–Crippen MR) is 84.7 cm³/mol. The predicted octanol–water partition coefficient (Wildman–Crippen LogP) is -1.15. The number of nitrogens with zero attached hydrogens (tertiary/aromatic N) is 2. The highest BCUT2D eigenvalue weighted by Gasteiger charge is 2.44. The average molecular weight is 387 g/mol. The van der Waals surface area contributed by atoms with Crippen molar-refractivity contribution in [3.8, 4) is 0 Å². The van der Waals surface area contributed by atoms with E-state index in [9.17, 15) is 26.4 Å². The first-order chi connectivity index (χ1) is 11.6. The summed E-state index contributed by atoms with van der Waals surface area (Å²) in [5, 5.41) is 10.4. The second kappa shape index (κ2) is 8.16. The fourth-order valence-corrected chi connectivity index (χ4v) is 3.88. The second-order valence-corrected chi connectivity index (χ2v) is 7.85. The minimum Gasteiger partial charge on any atom is -0.354 e. The minimum absolute atomic E-state index is 0.0947. The van der Waals surface area contributed by atoms with Gasteiger partial charge in [-0.3, -0.25) is 9.69 Å². The SMILES string of the molecule is NS(=O)(=O)N1CCC(C(=O)NCC(N2CCNCC2)C(F)(F)F)CC1. The lowest BCUT2D eigenvalue weighted by Crippen LogP contribution is -2.58. The first-order valence-electron chi connectivity index (χ1n) is 8.16. The van der Waals surface area contributed by atoms with Gasteiger partial charge in [-0.15, -0.1) is 0 Å². The third kappa shape index (κ3) is 5.78. The Morgan fingerprint density at radius 3 is 2.24 bits per heavy atom. The monoisotopic (exact) mass is 387 g/mol. The zero-order valence-electron chi connectivity index (χ0n) is 13.8. The van der Waals surface area contributed by atoms with E-state index in [1.54, 1.807) is 0 Å². The maximum Gasteiger partial charge on any atom is 0.405 e. The molecular weight excluding hydrogens is 363 g/mol. The molecule has 0 aromatic carbocycles. The highest BCUT2D eigenvalue weighted by molar-refractivity contribution is 7.86. The van der Waals surface area contributed by atoms with Crippen molar-refractivity contribution in [2.24, 2.45) is 11.1 Å². The summed E-state index contributed by atoms with van der Waals surface area (Å²) in [4.78, 5) is 13.5. The number of carbonyl (C=O) groups excluding carboxylic acids is 1. The molecular formula is C13H24F3N5O3S. The number of hydrogen-bond acceptors (Lipinski definition) is 5. The second-order valence-electron chi connectivity index (χ2n) is 6.31. The molecule has 0 aromatic rings. The molecule has 2 heterocycles. The highest BCUT2D eigenvalue weighted by atomic mass is 32.2. The third-order valence-electron chi connectivity index (χ3n) is 4.62. The van der Waals surface area contributed by atoms with Gasteiger partial charge in [0.15, 0.2) is 0 Å². The first kappa shape index (κ1) is 20.4. The van der Waals surface area contributed by atoms with Crippen LogP contribution in [-0.2, 0) is 15.0 Å². The molecule has 4 N–H and O–H groups in total. The summed E-state index contributed by atoms with van der Waals surface area (Å²) in [6.07, 6.45) is -3.94. The molecule has 12 heteroatoms. The van der Waals surface area contributed by atoms with E-state index in [-0.39, 0.29) is 39.0 Å². The van der Waals surface area contributed by atoms with E-state index in [0.29, 0.717) is 13.1 Å². The van der Waals surface area contributed by atoms with Crippen LogP contribution in [0.15, 0.2) is 0 Å². The largest absolute Gasteiger partial charge is 0.405 e. The van der Waals surface area contributed by atoms with E-state index in [4.69, 9.17) is 5.14 Å². The van der Waals surface area contributed by atoms with Gasteiger partial charge in [-0.2, -0.15) is 25.9 Å². The number of piperidine rings is 1. The van der Waals surface area contributed by atoms with Crippen LogP contribution in [0.2, 0.25) is 0 Å². The molecule has 8 nitrogen and oxygen atoms in total. The van der Waals surface area contributed by atoms with Crippen LogP contribution < -0.4 is 15.8 Å². The van der Waals surface area contributed by atoms with E-state index in [2.05, 4.69) is 10.6 Å².